The Balaban J connectivity index is 1.58. The van der Waals surface area contributed by atoms with Gasteiger partial charge in [0.05, 0.1) is 12.0 Å². The Hall–Kier alpha value is -2.32. The number of carboxylic acids is 1. The summed E-state index contributed by atoms with van der Waals surface area (Å²) in [5.74, 6) is -2.87. The molecule has 3 rings (SSSR count). The number of rotatable bonds is 5. The Bertz CT molecular complexity index is 717. The van der Waals surface area contributed by atoms with Crippen LogP contribution in [0.1, 0.15) is 49.0 Å². The van der Waals surface area contributed by atoms with Crippen molar-refractivity contribution in [2.75, 3.05) is 13.2 Å². The summed E-state index contributed by atoms with van der Waals surface area (Å²) < 4.78 is 44.1. The van der Waals surface area contributed by atoms with E-state index in [1.54, 1.807) is 11.0 Å². The molecule has 2 heterocycles. The molecule has 1 saturated carbocycles. The van der Waals surface area contributed by atoms with Crippen LogP contribution in [0.4, 0.5) is 13.2 Å². The summed E-state index contributed by atoms with van der Waals surface area (Å²) in [5.41, 5.74) is -0.191. The van der Waals surface area contributed by atoms with Crippen molar-refractivity contribution >= 4 is 11.9 Å². The first-order valence-corrected chi connectivity index (χ1v) is 9.45. The van der Waals surface area contributed by atoms with Gasteiger partial charge >= 0.3 is 12.1 Å². The lowest BCUT2D eigenvalue weighted by molar-refractivity contribution is -0.185. The first kappa shape index (κ1) is 20.4. The highest BCUT2D eigenvalue weighted by Crippen LogP contribution is 2.40. The number of carboxylic acid groups (broad SMARTS) is 1. The predicted octanol–water partition coefficient (Wildman–Crippen LogP) is 3.52. The van der Waals surface area contributed by atoms with E-state index in [1.165, 1.54) is 12.3 Å². The number of likely N-dealkylation sites (tertiary alicyclic amines) is 1. The number of aromatic carboxylic acids is 1. The van der Waals surface area contributed by atoms with E-state index in [0.29, 0.717) is 13.0 Å². The van der Waals surface area contributed by atoms with Crippen molar-refractivity contribution in [2.45, 2.75) is 50.7 Å². The van der Waals surface area contributed by atoms with Crippen LogP contribution in [0.25, 0.3) is 0 Å². The molecular formula is C19H23F3N2O4. The van der Waals surface area contributed by atoms with Crippen LogP contribution in [0.3, 0.4) is 0 Å². The molecule has 1 amide bonds. The number of pyridine rings is 1. The van der Waals surface area contributed by atoms with Gasteiger partial charge in [0.25, 0.3) is 0 Å². The molecule has 2 aliphatic rings. The number of halogens is 3. The van der Waals surface area contributed by atoms with Crippen molar-refractivity contribution < 1.29 is 32.6 Å². The molecule has 2 fully saturated rings. The number of hydrogen-bond donors (Lipinski definition) is 1. The van der Waals surface area contributed by atoms with Crippen LogP contribution in [-0.2, 0) is 4.79 Å². The van der Waals surface area contributed by atoms with E-state index in [-0.39, 0.29) is 61.6 Å². The molecule has 0 aromatic carbocycles. The van der Waals surface area contributed by atoms with E-state index in [4.69, 9.17) is 9.84 Å². The van der Waals surface area contributed by atoms with E-state index in [0.717, 1.165) is 6.42 Å². The van der Waals surface area contributed by atoms with E-state index in [1.807, 2.05) is 0 Å². The standard InChI is InChI=1S/C19H23F3N2O4/c20-19(21,22)13-7-5-12(6-8-13)17(25)24-10-2-3-14(24)11-28-15-4-1-9-23-16(15)18(26)27/h1,4,9,12-14H,2-3,5-8,10-11H2,(H,26,27)/t12-,13-,14-/m1/s1. The second kappa shape index (κ2) is 8.36. The lowest BCUT2D eigenvalue weighted by Gasteiger charge is -2.33. The average molecular weight is 400 g/mol. The smallest absolute Gasteiger partial charge is 0.391 e. The third-order valence-corrected chi connectivity index (χ3v) is 5.60. The quantitative estimate of drug-likeness (QED) is 0.818. The third-order valence-electron chi connectivity index (χ3n) is 5.60. The fourth-order valence-electron chi connectivity index (χ4n) is 4.05. The summed E-state index contributed by atoms with van der Waals surface area (Å²) in [4.78, 5) is 29.5. The molecule has 1 aliphatic heterocycles. The SMILES string of the molecule is O=C(O)c1ncccc1OC[C@H]1CCCN1C(=O)[C@H]1CC[C@H](C(F)(F)F)CC1. The summed E-state index contributed by atoms with van der Waals surface area (Å²) in [5, 5.41) is 9.16. The third kappa shape index (κ3) is 4.56. The molecule has 6 nitrogen and oxygen atoms in total. The molecule has 1 aliphatic carbocycles. The molecular weight excluding hydrogens is 377 g/mol. The molecule has 0 bridgehead atoms. The summed E-state index contributed by atoms with van der Waals surface area (Å²) in [6.45, 7) is 0.681. The monoisotopic (exact) mass is 400 g/mol. The van der Waals surface area contributed by atoms with Gasteiger partial charge in [-0.05, 0) is 50.7 Å². The molecule has 1 atom stereocenters. The summed E-state index contributed by atoms with van der Waals surface area (Å²) in [6, 6.07) is 2.86. The zero-order chi connectivity index (χ0) is 20.3. The number of amides is 1. The van der Waals surface area contributed by atoms with Gasteiger partial charge in [0.15, 0.2) is 11.4 Å². The fraction of sp³-hybridized carbons (Fsp3) is 0.632. The van der Waals surface area contributed by atoms with Crippen molar-refractivity contribution in [3.05, 3.63) is 24.0 Å². The summed E-state index contributed by atoms with van der Waals surface area (Å²) in [7, 11) is 0. The van der Waals surface area contributed by atoms with Gasteiger partial charge in [-0.3, -0.25) is 4.79 Å². The number of carbonyl (C=O) groups excluding carboxylic acids is 1. The summed E-state index contributed by atoms with van der Waals surface area (Å²) >= 11 is 0. The number of hydrogen-bond acceptors (Lipinski definition) is 4. The number of aromatic nitrogens is 1. The largest absolute Gasteiger partial charge is 0.489 e. The minimum Gasteiger partial charge on any atom is -0.489 e. The lowest BCUT2D eigenvalue weighted by atomic mass is 9.81. The Morgan fingerprint density at radius 3 is 2.57 bits per heavy atom. The van der Waals surface area contributed by atoms with Gasteiger partial charge in [-0.25, -0.2) is 9.78 Å². The van der Waals surface area contributed by atoms with E-state index in [9.17, 15) is 22.8 Å². The Morgan fingerprint density at radius 1 is 1.21 bits per heavy atom. The van der Waals surface area contributed by atoms with Gasteiger partial charge in [0.1, 0.15) is 6.61 Å². The molecule has 1 aromatic rings. The van der Waals surface area contributed by atoms with Crippen molar-refractivity contribution in [2.24, 2.45) is 11.8 Å². The highest BCUT2D eigenvalue weighted by Gasteiger charge is 2.44. The highest BCUT2D eigenvalue weighted by molar-refractivity contribution is 5.88. The van der Waals surface area contributed by atoms with E-state index in [2.05, 4.69) is 4.98 Å². The van der Waals surface area contributed by atoms with Gasteiger partial charge in [-0.2, -0.15) is 13.2 Å². The fourth-order valence-corrected chi connectivity index (χ4v) is 4.05. The summed E-state index contributed by atoms with van der Waals surface area (Å²) in [6.07, 6.45) is -0.845. The number of ether oxygens (including phenoxy) is 1. The van der Waals surface area contributed by atoms with Crippen LogP contribution in [0.15, 0.2) is 18.3 Å². The van der Waals surface area contributed by atoms with Crippen LogP contribution in [-0.4, -0.2) is 52.2 Å². The van der Waals surface area contributed by atoms with Crippen LogP contribution >= 0.6 is 0 Å². The molecule has 0 radical (unpaired) electrons. The number of alkyl halides is 3. The van der Waals surface area contributed by atoms with Gasteiger partial charge in [-0.1, -0.05) is 0 Å². The highest BCUT2D eigenvalue weighted by atomic mass is 19.4. The van der Waals surface area contributed by atoms with Gasteiger partial charge in [0, 0.05) is 18.7 Å². The number of carbonyl (C=O) groups is 2. The average Bonchev–Trinajstić information content (AvgIpc) is 3.14. The van der Waals surface area contributed by atoms with Crippen LogP contribution < -0.4 is 4.74 Å². The van der Waals surface area contributed by atoms with Crippen LogP contribution in [0.5, 0.6) is 5.75 Å². The van der Waals surface area contributed by atoms with Crippen LogP contribution in [0, 0.1) is 11.8 Å². The van der Waals surface area contributed by atoms with Gasteiger partial charge in [-0.15, -0.1) is 0 Å². The van der Waals surface area contributed by atoms with E-state index < -0.39 is 18.1 Å². The van der Waals surface area contributed by atoms with Gasteiger partial charge < -0.3 is 14.7 Å². The second-order valence-electron chi connectivity index (χ2n) is 7.38. The Kier molecular flexibility index (Phi) is 6.10. The molecule has 28 heavy (non-hydrogen) atoms. The zero-order valence-electron chi connectivity index (χ0n) is 15.3. The molecule has 154 valence electrons. The zero-order valence-corrected chi connectivity index (χ0v) is 15.3. The molecule has 0 spiro atoms. The topological polar surface area (TPSA) is 79.7 Å². The molecule has 1 N–H and O–H groups in total. The Labute approximate surface area is 160 Å². The van der Waals surface area contributed by atoms with Crippen molar-refractivity contribution in [3.8, 4) is 5.75 Å². The first-order valence-electron chi connectivity index (χ1n) is 9.45. The van der Waals surface area contributed by atoms with Crippen LogP contribution in [0.2, 0.25) is 0 Å². The van der Waals surface area contributed by atoms with Gasteiger partial charge in [0.2, 0.25) is 5.91 Å². The van der Waals surface area contributed by atoms with E-state index >= 15 is 0 Å². The van der Waals surface area contributed by atoms with Crippen molar-refractivity contribution in [3.63, 3.8) is 0 Å². The molecule has 9 heteroatoms. The van der Waals surface area contributed by atoms with Crippen molar-refractivity contribution in [1.82, 2.24) is 9.88 Å². The maximum atomic E-state index is 12.8. The minimum absolute atomic E-state index is 0.00737. The number of nitrogens with zero attached hydrogens (tertiary/aromatic N) is 2. The molecule has 1 aromatic heterocycles. The molecule has 0 unspecified atom stereocenters. The molecule has 1 saturated heterocycles. The second-order valence-corrected chi connectivity index (χ2v) is 7.38. The first-order chi connectivity index (χ1) is 13.3. The lowest BCUT2D eigenvalue weighted by Crippen LogP contribution is -2.44. The minimum atomic E-state index is -4.19. The maximum absolute atomic E-state index is 12.8. The normalized spacial score (nSPS) is 25.5. The predicted molar refractivity (Wildman–Crippen MR) is 92.9 cm³/mol. The Morgan fingerprint density at radius 2 is 1.93 bits per heavy atom. The maximum Gasteiger partial charge on any atom is 0.391 e. The van der Waals surface area contributed by atoms with Crippen molar-refractivity contribution in [1.29, 1.82) is 0 Å².